The monoisotopic (exact) mass is 362 g/mol. The number of carbonyl (C=O) groups is 3. The Kier molecular flexibility index (Phi) is 6.43. The zero-order chi connectivity index (χ0) is 19.3. The van der Waals surface area contributed by atoms with Crippen molar-refractivity contribution < 1.29 is 19.1 Å². The van der Waals surface area contributed by atoms with E-state index in [4.69, 9.17) is 4.74 Å². The van der Waals surface area contributed by atoms with Crippen molar-refractivity contribution >= 4 is 29.2 Å². The van der Waals surface area contributed by atoms with Crippen LogP contribution in [0.25, 0.3) is 0 Å². The van der Waals surface area contributed by atoms with Gasteiger partial charge in [-0.1, -0.05) is 0 Å². The molecule has 0 radical (unpaired) electrons. The van der Waals surface area contributed by atoms with Gasteiger partial charge in [0.05, 0.1) is 12.8 Å². The third-order valence-electron chi connectivity index (χ3n) is 4.32. The molecule has 1 saturated heterocycles. The van der Waals surface area contributed by atoms with Gasteiger partial charge in [-0.3, -0.25) is 9.59 Å². The Morgan fingerprint density at radius 3 is 2.65 bits per heavy atom. The summed E-state index contributed by atoms with van der Waals surface area (Å²) in [5.41, 5.74) is 1.03. The second-order valence-electron chi connectivity index (χ2n) is 6.41. The number of urea groups is 1. The van der Waals surface area contributed by atoms with Gasteiger partial charge in [-0.05, 0) is 25.1 Å². The molecule has 4 amide bonds. The Hall–Kier alpha value is -2.77. The van der Waals surface area contributed by atoms with Crippen LogP contribution in [0.3, 0.4) is 0 Å². The third-order valence-corrected chi connectivity index (χ3v) is 4.32. The SMILES string of the molecule is CCN1C[C@H](CN(C)C(=O)Nc2ccc(OC)c(NC(C)=O)c2)CC1=O. The highest BCUT2D eigenvalue weighted by atomic mass is 16.5. The topological polar surface area (TPSA) is 91.0 Å². The van der Waals surface area contributed by atoms with Crippen LogP contribution in [0.5, 0.6) is 5.75 Å². The number of nitrogens with zero attached hydrogens (tertiary/aromatic N) is 2. The Morgan fingerprint density at radius 1 is 1.35 bits per heavy atom. The van der Waals surface area contributed by atoms with Crippen molar-refractivity contribution in [1.82, 2.24) is 9.80 Å². The summed E-state index contributed by atoms with van der Waals surface area (Å²) < 4.78 is 5.20. The van der Waals surface area contributed by atoms with E-state index >= 15 is 0 Å². The summed E-state index contributed by atoms with van der Waals surface area (Å²) in [6, 6.07) is 4.75. The highest BCUT2D eigenvalue weighted by molar-refractivity contribution is 5.94. The number of hydrogen-bond donors (Lipinski definition) is 2. The molecular weight excluding hydrogens is 336 g/mol. The molecule has 1 aliphatic rings. The van der Waals surface area contributed by atoms with Gasteiger partial charge >= 0.3 is 6.03 Å². The number of anilines is 2. The minimum atomic E-state index is -0.272. The Balaban J connectivity index is 1.98. The Labute approximate surface area is 153 Å². The summed E-state index contributed by atoms with van der Waals surface area (Å²) in [7, 11) is 3.21. The molecule has 2 N–H and O–H groups in total. The lowest BCUT2D eigenvalue weighted by molar-refractivity contribution is -0.127. The van der Waals surface area contributed by atoms with Gasteiger partial charge in [0, 0.05) is 51.6 Å². The fourth-order valence-corrected chi connectivity index (χ4v) is 3.04. The van der Waals surface area contributed by atoms with E-state index in [1.165, 1.54) is 14.0 Å². The molecular formula is C18H26N4O4. The van der Waals surface area contributed by atoms with E-state index in [1.54, 1.807) is 35.0 Å². The van der Waals surface area contributed by atoms with Gasteiger partial charge in [0.2, 0.25) is 11.8 Å². The molecule has 0 unspecified atom stereocenters. The molecule has 0 saturated carbocycles. The molecule has 1 fully saturated rings. The lowest BCUT2D eigenvalue weighted by atomic mass is 10.1. The lowest BCUT2D eigenvalue weighted by Gasteiger charge is -2.22. The van der Waals surface area contributed by atoms with E-state index in [9.17, 15) is 14.4 Å². The molecule has 1 atom stereocenters. The van der Waals surface area contributed by atoms with Crippen LogP contribution in [-0.4, -0.2) is 61.4 Å². The predicted octanol–water partition coefficient (Wildman–Crippen LogP) is 1.99. The summed E-state index contributed by atoms with van der Waals surface area (Å²) >= 11 is 0. The average molecular weight is 362 g/mol. The fraction of sp³-hybridized carbons (Fsp3) is 0.500. The number of benzene rings is 1. The third kappa shape index (κ3) is 4.87. The number of rotatable bonds is 6. The largest absolute Gasteiger partial charge is 0.495 e. The summed E-state index contributed by atoms with van der Waals surface area (Å²) in [4.78, 5) is 38.9. The zero-order valence-corrected chi connectivity index (χ0v) is 15.7. The molecule has 0 spiro atoms. The quantitative estimate of drug-likeness (QED) is 0.810. The van der Waals surface area contributed by atoms with Gasteiger partial charge in [-0.2, -0.15) is 0 Å². The van der Waals surface area contributed by atoms with Gasteiger partial charge in [-0.15, -0.1) is 0 Å². The molecule has 1 aromatic carbocycles. The number of ether oxygens (including phenoxy) is 1. The number of likely N-dealkylation sites (tertiary alicyclic amines) is 1. The van der Waals surface area contributed by atoms with Crippen molar-refractivity contribution in [3.8, 4) is 5.75 Å². The molecule has 26 heavy (non-hydrogen) atoms. The second kappa shape index (κ2) is 8.55. The average Bonchev–Trinajstić information content (AvgIpc) is 2.94. The van der Waals surface area contributed by atoms with Crippen molar-refractivity contribution in [2.45, 2.75) is 20.3 Å². The van der Waals surface area contributed by atoms with Crippen LogP contribution >= 0.6 is 0 Å². The second-order valence-corrected chi connectivity index (χ2v) is 6.41. The first-order valence-corrected chi connectivity index (χ1v) is 8.59. The smallest absolute Gasteiger partial charge is 0.321 e. The molecule has 2 rings (SSSR count). The molecule has 8 heteroatoms. The first-order valence-electron chi connectivity index (χ1n) is 8.59. The number of nitrogens with one attached hydrogen (secondary N) is 2. The normalized spacial score (nSPS) is 16.4. The van der Waals surface area contributed by atoms with Gasteiger partial charge in [0.1, 0.15) is 5.75 Å². The first-order chi connectivity index (χ1) is 12.3. The minimum Gasteiger partial charge on any atom is -0.495 e. The van der Waals surface area contributed by atoms with E-state index in [1.807, 2.05) is 6.92 Å². The van der Waals surface area contributed by atoms with Crippen LogP contribution in [0, 0.1) is 5.92 Å². The summed E-state index contributed by atoms with van der Waals surface area (Å²) in [6.45, 7) is 5.24. The van der Waals surface area contributed by atoms with E-state index in [0.717, 1.165) is 0 Å². The number of methoxy groups -OCH3 is 1. The molecule has 0 bridgehead atoms. The molecule has 1 heterocycles. The lowest BCUT2D eigenvalue weighted by Crippen LogP contribution is -2.36. The summed E-state index contributed by atoms with van der Waals surface area (Å²) in [5, 5.41) is 5.47. The first kappa shape index (κ1) is 19.6. The minimum absolute atomic E-state index is 0.140. The van der Waals surface area contributed by atoms with Crippen LogP contribution in [-0.2, 0) is 9.59 Å². The fourth-order valence-electron chi connectivity index (χ4n) is 3.04. The maximum absolute atomic E-state index is 12.4. The van der Waals surface area contributed by atoms with Crippen LogP contribution in [0.1, 0.15) is 20.3 Å². The number of amides is 4. The molecule has 1 aliphatic heterocycles. The molecule has 0 aromatic heterocycles. The van der Waals surface area contributed by atoms with Crippen LogP contribution < -0.4 is 15.4 Å². The van der Waals surface area contributed by atoms with Gasteiger partial charge in [0.15, 0.2) is 0 Å². The van der Waals surface area contributed by atoms with Crippen LogP contribution in [0.2, 0.25) is 0 Å². The highest BCUT2D eigenvalue weighted by Gasteiger charge is 2.30. The zero-order valence-electron chi connectivity index (χ0n) is 15.7. The van der Waals surface area contributed by atoms with E-state index in [-0.39, 0.29) is 23.8 Å². The number of carbonyl (C=O) groups excluding carboxylic acids is 3. The Bertz CT molecular complexity index is 692. The van der Waals surface area contributed by atoms with Crippen molar-refractivity contribution in [3.05, 3.63) is 18.2 Å². The number of hydrogen-bond acceptors (Lipinski definition) is 4. The van der Waals surface area contributed by atoms with Crippen LogP contribution in [0.4, 0.5) is 16.2 Å². The highest BCUT2D eigenvalue weighted by Crippen LogP contribution is 2.28. The van der Waals surface area contributed by atoms with Crippen molar-refractivity contribution in [3.63, 3.8) is 0 Å². The predicted molar refractivity (Wildman–Crippen MR) is 99.3 cm³/mol. The van der Waals surface area contributed by atoms with Crippen molar-refractivity contribution in [2.24, 2.45) is 5.92 Å². The van der Waals surface area contributed by atoms with Gasteiger partial charge in [0.25, 0.3) is 0 Å². The van der Waals surface area contributed by atoms with E-state index in [2.05, 4.69) is 10.6 Å². The Morgan fingerprint density at radius 2 is 2.08 bits per heavy atom. The van der Waals surface area contributed by atoms with Crippen molar-refractivity contribution in [2.75, 3.05) is 44.4 Å². The van der Waals surface area contributed by atoms with E-state index in [0.29, 0.717) is 43.2 Å². The molecule has 0 aliphatic carbocycles. The van der Waals surface area contributed by atoms with Crippen molar-refractivity contribution in [1.29, 1.82) is 0 Å². The maximum atomic E-state index is 12.4. The van der Waals surface area contributed by atoms with Crippen LogP contribution in [0.15, 0.2) is 18.2 Å². The van der Waals surface area contributed by atoms with Gasteiger partial charge in [-0.25, -0.2) is 4.79 Å². The maximum Gasteiger partial charge on any atom is 0.321 e. The van der Waals surface area contributed by atoms with Gasteiger partial charge < -0.3 is 25.2 Å². The summed E-state index contributed by atoms with van der Waals surface area (Å²) in [6.07, 6.45) is 0.473. The standard InChI is InChI=1S/C18H26N4O4/c1-5-22-11-13(8-17(22)24)10-21(3)18(25)20-14-6-7-16(26-4)15(9-14)19-12(2)23/h6-7,9,13H,5,8,10-11H2,1-4H3,(H,19,23)(H,20,25)/t13-/m0/s1. The molecule has 8 nitrogen and oxygen atoms in total. The van der Waals surface area contributed by atoms with E-state index < -0.39 is 0 Å². The molecule has 142 valence electrons. The summed E-state index contributed by atoms with van der Waals surface area (Å²) in [5.74, 6) is 0.566. The molecule has 1 aromatic rings.